The Morgan fingerprint density at radius 2 is 1.76 bits per heavy atom. The van der Waals surface area contributed by atoms with Gasteiger partial charge in [0.15, 0.2) is 0 Å². The van der Waals surface area contributed by atoms with Gasteiger partial charge in [-0.3, -0.25) is 0 Å². The van der Waals surface area contributed by atoms with Crippen LogP contribution in [-0.4, -0.2) is 24.6 Å². The number of pyridine rings is 1. The van der Waals surface area contributed by atoms with Crippen LogP contribution in [0.1, 0.15) is 64.3 Å². The highest BCUT2D eigenvalue weighted by Crippen LogP contribution is 2.37. The summed E-state index contributed by atoms with van der Waals surface area (Å²) < 4.78 is 72.7. The largest absolute Gasteiger partial charge is 0.477 e. The molecule has 2 N–H and O–H groups in total. The number of halogens is 3. The number of rotatable bonds is 6. The lowest BCUT2D eigenvalue weighted by atomic mass is 9.89. The van der Waals surface area contributed by atoms with Gasteiger partial charge in [0.25, 0.3) is 0 Å². The van der Waals surface area contributed by atoms with Crippen LogP contribution in [0.2, 0.25) is 0 Å². The molecule has 6 nitrogen and oxygen atoms in total. The number of primary sulfonamides is 1. The molecule has 1 fully saturated rings. The molecular weight excluding hydrogens is 455 g/mol. The van der Waals surface area contributed by atoms with Gasteiger partial charge in [0, 0.05) is 29.6 Å². The fourth-order valence-corrected chi connectivity index (χ4v) is 4.97. The monoisotopic (exact) mass is 487 g/mol. The summed E-state index contributed by atoms with van der Waals surface area (Å²) in [5.74, 6) is 0.160. The number of hydrogen-bond donors (Lipinski definition) is 1. The van der Waals surface area contributed by atoms with Crippen molar-refractivity contribution in [1.82, 2.24) is 9.55 Å². The number of sulfonamides is 1. The van der Waals surface area contributed by atoms with E-state index in [-0.39, 0.29) is 28.4 Å². The van der Waals surface area contributed by atoms with E-state index >= 15 is 0 Å². The van der Waals surface area contributed by atoms with Crippen molar-refractivity contribution in [1.29, 1.82) is 0 Å². The van der Waals surface area contributed by atoms with Gasteiger partial charge < -0.3 is 9.30 Å². The van der Waals surface area contributed by atoms with E-state index in [0.717, 1.165) is 38.2 Å². The van der Waals surface area contributed by atoms with E-state index in [1.54, 1.807) is 11.5 Å². The summed E-state index contributed by atoms with van der Waals surface area (Å²) in [4.78, 5) is 3.57. The molecule has 1 saturated carbocycles. The van der Waals surface area contributed by atoms with Crippen LogP contribution in [0.5, 0.6) is 5.88 Å². The highest BCUT2D eigenvalue weighted by atomic mass is 32.2. The number of aromatic nitrogens is 2. The quantitative estimate of drug-likeness (QED) is 0.580. The van der Waals surface area contributed by atoms with Crippen LogP contribution in [0.4, 0.5) is 13.2 Å². The lowest BCUT2D eigenvalue weighted by molar-refractivity contribution is -0.141. The molecule has 3 rings (SSSR count). The molecule has 184 valence electrons. The van der Waals surface area contributed by atoms with Crippen LogP contribution in [0.25, 0.3) is 11.3 Å². The van der Waals surface area contributed by atoms with Crippen LogP contribution in [0.15, 0.2) is 23.1 Å². The molecule has 0 saturated heterocycles. The summed E-state index contributed by atoms with van der Waals surface area (Å²) in [7, 11) is -4.05. The average molecular weight is 488 g/mol. The number of ether oxygens (including phenoxy) is 1. The predicted molar refractivity (Wildman–Crippen MR) is 120 cm³/mol. The summed E-state index contributed by atoms with van der Waals surface area (Å²) in [5, 5.41) is 5.42. The molecule has 33 heavy (non-hydrogen) atoms. The Hall–Kier alpha value is -2.07. The summed E-state index contributed by atoms with van der Waals surface area (Å²) in [5.41, 5.74) is -0.412. The second-order valence-corrected chi connectivity index (χ2v) is 11.6. The maximum atomic E-state index is 13.6. The molecule has 0 radical (unpaired) electrons. The summed E-state index contributed by atoms with van der Waals surface area (Å²) in [6.45, 7) is 8.02. The predicted octanol–water partition coefficient (Wildman–Crippen LogP) is 5.53. The molecule has 0 amide bonds. The van der Waals surface area contributed by atoms with Crippen LogP contribution < -0.4 is 9.88 Å². The minimum Gasteiger partial charge on any atom is -0.477 e. The Labute approximate surface area is 193 Å². The molecule has 0 aromatic carbocycles. The molecule has 2 aromatic heterocycles. The normalized spacial score (nSPS) is 16.2. The molecule has 2 aromatic rings. The van der Waals surface area contributed by atoms with Crippen molar-refractivity contribution in [2.24, 2.45) is 16.5 Å². The fourth-order valence-electron chi connectivity index (χ4n) is 4.17. The SMILES string of the molecule is Cc1c(S(N)(=O)=O)cc(-c2cc(OCC(C)(C)C)nc(C(F)(F)F)c2)n1CC1CCCCC1. The molecule has 2 heterocycles. The topological polar surface area (TPSA) is 87.2 Å². The summed E-state index contributed by atoms with van der Waals surface area (Å²) >= 11 is 0. The molecule has 1 aliphatic carbocycles. The zero-order chi connectivity index (χ0) is 24.6. The first-order chi connectivity index (χ1) is 15.1. The Balaban J connectivity index is 2.14. The van der Waals surface area contributed by atoms with Gasteiger partial charge in [-0.2, -0.15) is 13.2 Å². The van der Waals surface area contributed by atoms with Crippen molar-refractivity contribution in [2.45, 2.75) is 77.4 Å². The van der Waals surface area contributed by atoms with Crippen LogP contribution in [0, 0.1) is 18.3 Å². The molecule has 1 aliphatic rings. The van der Waals surface area contributed by atoms with Gasteiger partial charge in [0.1, 0.15) is 10.6 Å². The van der Waals surface area contributed by atoms with E-state index in [9.17, 15) is 21.6 Å². The van der Waals surface area contributed by atoms with Crippen LogP contribution in [0.3, 0.4) is 0 Å². The highest BCUT2D eigenvalue weighted by Gasteiger charge is 2.34. The number of nitrogens with two attached hydrogens (primary N) is 1. The third-order valence-electron chi connectivity index (χ3n) is 5.83. The van der Waals surface area contributed by atoms with Crippen molar-refractivity contribution in [2.75, 3.05) is 6.61 Å². The van der Waals surface area contributed by atoms with E-state index < -0.39 is 21.9 Å². The Morgan fingerprint density at radius 3 is 2.30 bits per heavy atom. The standard InChI is InChI=1S/C23H32F3N3O3S/c1-15-19(33(27,30)31)12-18(29(15)13-16-8-6-5-7-9-16)17-10-20(23(24,25)26)28-21(11-17)32-14-22(2,3)4/h10-12,16H,5-9,13-14H2,1-4H3,(H2,27,30,31). The number of nitrogens with zero attached hydrogens (tertiary/aromatic N) is 2. The van der Waals surface area contributed by atoms with E-state index in [0.29, 0.717) is 23.9 Å². The minimum atomic E-state index is -4.69. The molecule has 0 aliphatic heterocycles. The second kappa shape index (κ2) is 9.29. The van der Waals surface area contributed by atoms with Crippen molar-refractivity contribution in [3.63, 3.8) is 0 Å². The van der Waals surface area contributed by atoms with Gasteiger partial charge in [-0.25, -0.2) is 18.5 Å². The zero-order valence-electron chi connectivity index (χ0n) is 19.5. The summed E-state index contributed by atoms with van der Waals surface area (Å²) in [6, 6.07) is 3.72. The molecule has 0 spiro atoms. The molecular formula is C23H32F3N3O3S. The zero-order valence-corrected chi connectivity index (χ0v) is 20.3. The van der Waals surface area contributed by atoms with Gasteiger partial charge in [-0.15, -0.1) is 0 Å². The number of alkyl halides is 3. The van der Waals surface area contributed by atoms with Gasteiger partial charge >= 0.3 is 6.18 Å². The highest BCUT2D eigenvalue weighted by molar-refractivity contribution is 7.89. The van der Waals surface area contributed by atoms with Crippen LogP contribution in [-0.2, 0) is 22.7 Å². The average Bonchev–Trinajstić information content (AvgIpc) is 3.02. The molecule has 0 bridgehead atoms. The lowest BCUT2D eigenvalue weighted by Gasteiger charge is -2.24. The lowest BCUT2D eigenvalue weighted by Crippen LogP contribution is -2.19. The van der Waals surface area contributed by atoms with Crippen molar-refractivity contribution < 1.29 is 26.3 Å². The summed E-state index contributed by atoms with van der Waals surface area (Å²) in [6.07, 6.45) is 0.623. The molecule has 0 unspecified atom stereocenters. The Bertz CT molecular complexity index is 1100. The van der Waals surface area contributed by atoms with E-state index in [4.69, 9.17) is 9.88 Å². The van der Waals surface area contributed by atoms with Crippen LogP contribution >= 0.6 is 0 Å². The van der Waals surface area contributed by atoms with Gasteiger partial charge in [0.2, 0.25) is 15.9 Å². The molecule has 0 atom stereocenters. The van der Waals surface area contributed by atoms with E-state index in [2.05, 4.69) is 4.98 Å². The van der Waals surface area contributed by atoms with Crippen molar-refractivity contribution >= 4 is 10.0 Å². The van der Waals surface area contributed by atoms with Crippen molar-refractivity contribution in [3.8, 4) is 17.1 Å². The van der Waals surface area contributed by atoms with Gasteiger partial charge in [-0.1, -0.05) is 40.0 Å². The Morgan fingerprint density at radius 1 is 1.12 bits per heavy atom. The smallest absolute Gasteiger partial charge is 0.433 e. The first kappa shape index (κ1) is 25.6. The third-order valence-corrected chi connectivity index (χ3v) is 6.86. The van der Waals surface area contributed by atoms with Gasteiger partial charge in [-0.05, 0) is 43.2 Å². The first-order valence-corrected chi connectivity index (χ1v) is 12.7. The first-order valence-electron chi connectivity index (χ1n) is 11.1. The van der Waals surface area contributed by atoms with Crippen molar-refractivity contribution in [3.05, 3.63) is 29.6 Å². The minimum absolute atomic E-state index is 0.0872. The maximum Gasteiger partial charge on any atom is 0.433 e. The maximum absolute atomic E-state index is 13.6. The van der Waals surface area contributed by atoms with E-state index in [1.165, 1.54) is 12.1 Å². The van der Waals surface area contributed by atoms with E-state index in [1.807, 2.05) is 20.8 Å². The molecule has 10 heteroatoms. The third kappa shape index (κ3) is 6.50. The fraction of sp³-hybridized carbons (Fsp3) is 0.609. The Kier molecular flexibility index (Phi) is 7.19. The second-order valence-electron chi connectivity index (χ2n) is 10.1. The number of hydrogen-bond acceptors (Lipinski definition) is 4. The van der Waals surface area contributed by atoms with Gasteiger partial charge in [0.05, 0.1) is 6.61 Å².